The number of thiophene rings is 2. The quantitative estimate of drug-likeness (QED) is 0.485. The molecule has 0 aliphatic rings. The molecule has 0 nitrogen and oxygen atoms in total. The third-order valence-corrected chi connectivity index (χ3v) is 4.18. The predicted molar refractivity (Wildman–Crippen MR) is 92.1 cm³/mol. The largest absolute Gasteiger partial charge is 0.152 e. The van der Waals surface area contributed by atoms with Crippen LogP contribution in [0.1, 0.15) is 24.0 Å². The van der Waals surface area contributed by atoms with E-state index in [4.69, 9.17) is 0 Å². The SMILES string of the molecule is C=CCC(C#Cc1ccsc1)=C(CC=C)c1ccsc1. The van der Waals surface area contributed by atoms with Crippen molar-refractivity contribution in [2.45, 2.75) is 12.8 Å². The van der Waals surface area contributed by atoms with E-state index in [0.717, 1.165) is 24.0 Å². The second-order valence-corrected chi connectivity index (χ2v) is 5.78. The Balaban J connectivity index is 2.43. The van der Waals surface area contributed by atoms with E-state index in [1.54, 1.807) is 22.7 Å². The lowest BCUT2D eigenvalue weighted by atomic mass is 9.97. The van der Waals surface area contributed by atoms with Gasteiger partial charge in [-0.25, -0.2) is 0 Å². The summed E-state index contributed by atoms with van der Waals surface area (Å²) in [6.45, 7) is 7.71. The van der Waals surface area contributed by atoms with Gasteiger partial charge in [-0.1, -0.05) is 24.0 Å². The highest BCUT2D eigenvalue weighted by molar-refractivity contribution is 7.08. The first-order valence-electron chi connectivity index (χ1n) is 6.35. The molecule has 0 aliphatic carbocycles. The van der Waals surface area contributed by atoms with Gasteiger partial charge in [-0.05, 0) is 52.3 Å². The molecule has 0 bridgehead atoms. The molecule has 100 valence electrons. The van der Waals surface area contributed by atoms with E-state index in [-0.39, 0.29) is 0 Å². The van der Waals surface area contributed by atoms with Gasteiger partial charge in [-0.3, -0.25) is 0 Å². The van der Waals surface area contributed by atoms with E-state index in [2.05, 4.69) is 47.2 Å². The second-order valence-electron chi connectivity index (χ2n) is 4.22. The van der Waals surface area contributed by atoms with Crippen LogP contribution in [0.3, 0.4) is 0 Å². The number of hydrogen-bond donors (Lipinski definition) is 0. The number of hydrogen-bond acceptors (Lipinski definition) is 2. The first kappa shape index (κ1) is 14.6. The van der Waals surface area contributed by atoms with Gasteiger partial charge in [0.2, 0.25) is 0 Å². The summed E-state index contributed by atoms with van der Waals surface area (Å²) >= 11 is 3.37. The minimum Gasteiger partial charge on any atom is -0.152 e. The maximum absolute atomic E-state index is 3.86. The summed E-state index contributed by atoms with van der Waals surface area (Å²) in [5, 5.41) is 8.37. The molecule has 2 rings (SSSR count). The molecule has 0 saturated carbocycles. The van der Waals surface area contributed by atoms with Crippen LogP contribution in [0.25, 0.3) is 5.57 Å². The smallest absolute Gasteiger partial charge is 0.0355 e. The molecule has 0 radical (unpaired) electrons. The Morgan fingerprint density at radius 3 is 2.40 bits per heavy atom. The van der Waals surface area contributed by atoms with Crippen LogP contribution in [0.5, 0.6) is 0 Å². The average molecular weight is 296 g/mol. The van der Waals surface area contributed by atoms with Crippen LogP contribution in [0, 0.1) is 11.8 Å². The minimum absolute atomic E-state index is 0.788. The molecule has 0 amide bonds. The van der Waals surface area contributed by atoms with Crippen molar-refractivity contribution in [3.8, 4) is 11.8 Å². The average Bonchev–Trinajstić information content (AvgIpc) is 3.13. The van der Waals surface area contributed by atoms with E-state index in [0.29, 0.717) is 0 Å². The highest BCUT2D eigenvalue weighted by atomic mass is 32.1. The molecule has 0 aliphatic heterocycles. The van der Waals surface area contributed by atoms with E-state index in [1.165, 1.54) is 11.1 Å². The summed E-state index contributed by atoms with van der Waals surface area (Å²) < 4.78 is 0. The predicted octanol–water partition coefficient (Wildman–Crippen LogP) is 5.77. The molecule has 0 fully saturated rings. The molecule has 0 N–H and O–H groups in total. The van der Waals surface area contributed by atoms with Gasteiger partial charge in [0, 0.05) is 16.5 Å². The highest BCUT2D eigenvalue weighted by Gasteiger charge is 2.06. The summed E-state index contributed by atoms with van der Waals surface area (Å²) in [7, 11) is 0. The molecule has 2 heteroatoms. The van der Waals surface area contributed by atoms with Crippen molar-refractivity contribution >= 4 is 28.2 Å². The van der Waals surface area contributed by atoms with Crippen LogP contribution in [0.4, 0.5) is 0 Å². The second kappa shape index (κ2) is 7.69. The van der Waals surface area contributed by atoms with E-state index >= 15 is 0 Å². The normalized spacial score (nSPS) is 11.2. The van der Waals surface area contributed by atoms with Crippen LogP contribution in [-0.4, -0.2) is 0 Å². The molecule has 0 atom stereocenters. The summed E-state index contributed by atoms with van der Waals surface area (Å²) in [6.07, 6.45) is 5.46. The number of rotatable bonds is 5. The lowest BCUT2D eigenvalue weighted by Gasteiger charge is -2.06. The Morgan fingerprint density at radius 1 is 1.05 bits per heavy atom. The Labute approximate surface area is 128 Å². The standard InChI is InChI=1S/C18H16S2/c1-3-5-16(8-7-15-9-11-19-13-15)18(6-4-2)17-10-12-20-14-17/h3-4,9-14H,1-2,5-6H2. The highest BCUT2D eigenvalue weighted by Crippen LogP contribution is 2.26. The lowest BCUT2D eigenvalue weighted by Crippen LogP contribution is -1.88. The van der Waals surface area contributed by atoms with Crippen molar-refractivity contribution in [1.29, 1.82) is 0 Å². The zero-order chi connectivity index (χ0) is 14.2. The van der Waals surface area contributed by atoms with Crippen LogP contribution in [0.15, 0.2) is 64.5 Å². The Kier molecular flexibility index (Phi) is 5.61. The monoisotopic (exact) mass is 296 g/mol. The van der Waals surface area contributed by atoms with E-state index < -0.39 is 0 Å². The molecular weight excluding hydrogens is 280 g/mol. The first-order chi connectivity index (χ1) is 9.85. The van der Waals surface area contributed by atoms with Crippen molar-refractivity contribution < 1.29 is 0 Å². The van der Waals surface area contributed by atoms with Gasteiger partial charge in [-0.2, -0.15) is 22.7 Å². The molecule has 0 spiro atoms. The fraction of sp³-hybridized carbons (Fsp3) is 0.111. The van der Waals surface area contributed by atoms with Gasteiger partial charge in [0.05, 0.1) is 0 Å². The number of allylic oxidation sites excluding steroid dienone is 4. The van der Waals surface area contributed by atoms with Crippen LogP contribution in [0.2, 0.25) is 0 Å². The maximum Gasteiger partial charge on any atom is 0.0355 e. The third kappa shape index (κ3) is 3.84. The molecule has 0 aromatic carbocycles. The minimum atomic E-state index is 0.788. The molecular formula is C18H16S2. The zero-order valence-corrected chi connectivity index (χ0v) is 12.9. The zero-order valence-electron chi connectivity index (χ0n) is 11.3. The van der Waals surface area contributed by atoms with E-state index in [9.17, 15) is 0 Å². The molecule has 2 heterocycles. The first-order valence-corrected chi connectivity index (χ1v) is 8.24. The molecule has 0 unspecified atom stereocenters. The van der Waals surface area contributed by atoms with Crippen molar-refractivity contribution in [3.05, 3.63) is 75.7 Å². The molecule has 20 heavy (non-hydrogen) atoms. The van der Waals surface area contributed by atoms with Crippen LogP contribution in [-0.2, 0) is 0 Å². The lowest BCUT2D eigenvalue weighted by molar-refractivity contribution is 1.27. The Morgan fingerprint density at radius 2 is 1.80 bits per heavy atom. The van der Waals surface area contributed by atoms with E-state index in [1.807, 2.05) is 23.6 Å². The van der Waals surface area contributed by atoms with Crippen molar-refractivity contribution in [2.24, 2.45) is 0 Å². The summed E-state index contributed by atoms with van der Waals surface area (Å²) in [5.41, 5.74) is 4.69. The fourth-order valence-corrected chi connectivity index (χ4v) is 3.13. The van der Waals surface area contributed by atoms with Gasteiger partial charge >= 0.3 is 0 Å². The Hall–Kier alpha value is -1.82. The van der Waals surface area contributed by atoms with Crippen LogP contribution >= 0.6 is 22.7 Å². The summed E-state index contributed by atoms with van der Waals surface area (Å²) in [6, 6.07) is 4.18. The maximum atomic E-state index is 3.86. The van der Waals surface area contributed by atoms with Gasteiger partial charge in [0.1, 0.15) is 0 Å². The summed E-state index contributed by atoms with van der Waals surface area (Å²) in [4.78, 5) is 0. The molecule has 2 aromatic rings. The van der Waals surface area contributed by atoms with Crippen molar-refractivity contribution in [2.75, 3.05) is 0 Å². The van der Waals surface area contributed by atoms with Crippen LogP contribution < -0.4 is 0 Å². The third-order valence-electron chi connectivity index (χ3n) is 2.81. The Bertz CT molecular complexity index is 644. The van der Waals surface area contributed by atoms with Gasteiger partial charge in [0.25, 0.3) is 0 Å². The van der Waals surface area contributed by atoms with Gasteiger partial charge in [0.15, 0.2) is 0 Å². The van der Waals surface area contributed by atoms with Crippen molar-refractivity contribution in [3.63, 3.8) is 0 Å². The van der Waals surface area contributed by atoms with Crippen molar-refractivity contribution in [1.82, 2.24) is 0 Å². The molecule has 2 aromatic heterocycles. The van der Waals surface area contributed by atoms with Gasteiger partial charge in [-0.15, -0.1) is 13.2 Å². The van der Waals surface area contributed by atoms with Gasteiger partial charge < -0.3 is 0 Å². The molecule has 0 saturated heterocycles. The fourth-order valence-electron chi connectivity index (χ4n) is 1.87. The topological polar surface area (TPSA) is 0 Å². The summed E-state index contributed by atoms with van der Waals surface area (Å²) in [5.74, 6) is 6.55.